The molecule has 11 aromatic rings. The predicted molar refractivity (Wildman–Crippen MR) is 231 cm³/mol. The van der Waals surface area contributed by atoms with Crippen molar-refractivity contribution < 1.29 is 0 Å². The van der Waals surface area contributed by atoms with Crippen molar-refractivity contribution in [2.45, 2.75) is 0 Å². The SMILES string of the molecule is c1ccc(-n2c3ccccc3c3cc(-c4ccc(-c5ccc(-c6cccc(-c7cnc8c9ccccc9c9ccccc9c8n7)c6)cc5)cc4)ccc32)cc1. The van der Waals surface area contributed by atoms with E-state index in [1.807, 2.05) is 6.20 Å². The van der Waals surface area contributed by atoms with E-state index in [0.29, 0.717) is 0 Å². The third kappa shape index (κ3) is 5.20. The van der Waals surface area contributed by atoms with E-state index < -0.39 is 0 Å². The van der Waals surface area contributed by atoms with E-state index in [1.54, 1.807) is 0 Å². The Labute approximate surface area is 318 Å². The monoisotopic (exact) mass is 699 g/mol. The standard InChI is InChI=1S/C52H33N3/c1-2-13-41(14-3-1)55-49-20-9-8-17-44(49)47-32-39(29-30-50(47)55)37-27-23-35(24-28-37)34-21-25-36(26-22-34)38-11-10-12-40(31-38)48-33-53-51-45-18-6-4-15-42(45)43-16-5-7-19-46(43)52(51)54-48/h1-33H. The predicted octanol–water partition coefficient (Wildman–Crippen LogP) is 13.7. The molecule has 0 aliphatic carbocycles. The highest BCUT2D eigenvalue weighted by atomic mass is 15.0. The smallest absolute Gasteiger partial charge is 0.0979 e. The summed E-state index contributed by atoms with van der Waals surface area (Å²) in [4.78, 5) is 10.2. The van der Waals surface area contributed by atoms with Gasteiger partial charge in [0.2, 0.25) is 0 Å². The zero-order valence-electron chi connectivity index (χ0n) is 29.9. The average Bonchev–Trinajstić information content (AvgIpc) is 3.60. The topological polar surface area (TPSA) is 30.7 Å². The Bertz CT molecular complexity index is 3200. The van der Waals surface area contributed by atoms with Gasteiger partial charge < -0.3 is 4.57 Å². The summed E-state index contributed by atoms with van der Waals surface area (Å²) in [5.74, 6) is 0. The van der Waals surface area contributed by atoms with Gasteiger partial charge >= 0.3 is 0 Å². The molecule has 0 fully saturated rings. The van der Waals surface area contributed by atoms with Crippen molar-refractivity contribution in [3.05, 3.63) is 200 Å². The molecule has 2 aromatic heterocycles. The largest absolute Gasteiger partial charge is 0.309 e. The highest BCUT2D eigenvalue weighted by Crippen LogP contribution is 2.37. The van der Waals surface area contributed by atoms with Crippen molar-refractivity contribution >= 4 is 54.4 Å². The highest BCUT2D eigenvalue weighted by Gasteiger charge is 2.15. The van der Waals surface area contributed by atoms with E-state index in [4.69, 9.17) is 9.97 Å². The summed E-state index contributed by atoms with van der Waals surface area (Å²) in [6.07, 6.45) is 1.91. The molecule has 3 nitrogen and oxygen atoms in total. The molecule has 256 valence electrons. The van der Waals surface area contributed by atoms with Crippen LogP contribution in [0.2, 0.25) is 0 Å². The van der Waals surface area contributed by atoms with E-state index in [0.717, 1.165) is 44.2 Å². The van der Waals surface area contributed by atoms with Crippen molar-refractivity contribution in [1.29, 1.82) is 0 Å². The van der Waals surface area contributed by atoms with Gasteiger partial charge in [-0.05, 0) is 80.6 Å². The molecule has 0 aliphatic heterocycles. The third-order valence-corrected chi connectivity index (χ3v) is 11.0. The molecule has 2 heterocycles. The van der Waals surface area contributed by atoms with Crippen LogP contribution < -0.4 is 0 Å². The quantitative estimate of drug-likeness (QED) is 0.167. The first kappa shape index (κ1) is 31.2. The summed E-state index contributed by atoms with van der Waals surface area (Å²) >= 11 is 0. The fraction of sp³-hybridized carbons (Fsp3) is 0. The maximum atomic E-state index is 5.22. The molecule has 0 bridgehead atoms. The van der Waals surface area contributed by atoms with Gasteiger partial charge in [0, 0.05) is 32.8 Å². The Kier molecular flexibility index (Phi) is 7.17. The van der Waals surface area contributed by atoms with Gasteiger partial charge in [-0.25, -0.2) is 4.98 Å². The van der Waals surface area contributed by atoms with Gasteiger partial charge in [0.15, 0.2) is 0 Å². The van der Waals surface area contributed by atoms with Crippen LogP contribution >= 0.6 is 0 Å². The minimum atomic E-state index is 0.868. The molecule has 0 saturated heterocycles. The lowest BCUT2D eigenvalue weighted by Gasteiger charge is -2.11. The first-order valence-electron chi connectivity index (χ1n) is 18.7. The Balaban J connectivity index is 0.888. The normalized spacial score (nSPS) is 11.6. The first-order valence-corrected chi connectivity index (χ1v) is 18.7. The first-order chi connectivity index (χ1) is 27.3. The highest BCUT2D eigenvalue weighted by molar-refractivity contribution is 6.23. The zero-order chi connectivity index (χ0) is 36.3. The minimum Gasteiger partial charge on any atom is -0.309 e. The number of para-hydroxylation sites is 2. The zero-order valence-corrected chi connectivity index (χ0v) is 29.9. The fourth-order valence-corrected chi connectivity index (χ4v) is 8.34. The molecule has 0 unspecified atom stereocenters. The second-order valence-corrected chi connectivity index (χ2v) is 14.2. The van der Waals surface area contributed by atoms with Crippen LogP contribution in [0.1, 0.15) is 0 Å². The van der Waals surface area contributed by atoms with Crippen LogP contribution in [0, 0.1) is 0 Å². The summed E-state index contributed by atoms with van der Waals surface area (Å²) in [6, 6.07) is 69.5. The van der Waals surface area contributed by atoms with Crippen LogP contribution in [-0.4, -0.2) is 14.5 Å². The van der Waals surface area contributed by atoms with Gasteiger partial charge in [-0.15, -0.1) is 0 Å². The number of hydrogen-bond acceptors (Lipinski definition) is 2. The van der Waals surface area contributed by atoms with E-state index in [1.165, 1.54) is 60.5 Å². The number of aromatic nitrogens is 3. The summed E-state index contributed by atoms with van der Waals surface area (Å²) in [5.41, 5.74) is 14.5. The number of fused-ring (bicyclic) bond motifs is 9. The van der Waals surface area contributed by atoms with Crippen molar-refractivity contribution in [3.8, 4) is 50.3 Å². The van der Waals surface area contributed by atoms with Crippen LogP contribution in [0.4, 0.5) is 0 Å². The summed E-state index contributed by atoms with van der Waals surface area (Å²) < 4.78 is 2.36. The van der Waals surface area contributed by atoms with Crippen molar-refractivity contribution in [1.82, 2.24) is 14.5 Å². The molecule has 0 amide bonds. The molecular weight excluding hydrogens is 667 g/mol. The van der Waals surface area contributed by atoms with Gasteiger partial charge in [0.1, 0.15) is 0 Å². The van der Waals surface area contributed by atoms with E-state index in [-0.39, 0.29) is 0 Å². The van der Waals surface area contributed by atoms with Crippen molar-refractivity contribution in [2.24, 2.45) is 0 Å². The maximum absolute atomic E-state index is 5.22. The molecule has 11 rings (SSSR count). The number of nitrogens with zero attached hydrogens (tertiary/aromatic N) is 3. The van der Waals surface area contributed by atoms with Gasteiger partial charge in [0.05, 0.1) is 34.0 Å². The fourth-order valence-electron chi connectivity index (χ4n) is 8.34. The van der Waals surface area contributed by atoms with Crippen molar-refractivity contribution in [2.75, 3.05) is 0 Å². The van der Waals surface area contributed by atoms with Crippen LogP contribution in [0.3, 0.4) is 0 Å². The molecule has 0 spiro atoms. The Morgan fingerprint density at radius 3 is 1.47 bits per heavy atom. The van der Waals surface area contributed by atoms with Crippen LogP contribution in [-0.2, 0) is 0 Å². The Morgan fingerprint density at radius 1 is 0.309 bits per heavy atom. The van der Waals surface area contributed by atoms with Gasteiger partial charge in [0.25, 0.3) is 0 Å². The van der Waals surface area contributed by atoms with Crippen LogP contribution in [0.25, 0.3) is 105 Å². The number of benzene rings is 9. The lowest BCUT2D eigenvalue weighted by Crippen LogP contribution is -1.92. The summed E-state index contributed by atoms with van der Waals surface area (Å²) in [5, 5.41) is 7.18. The summed E-state index contributed by atoms with van der Waals surface area (Å²) in [6.45, 7) is 0. The molecule has 9 aromatic carbocycles. The van der Waals surface area contributed by atoms with Crippen LogP contribution in [0.5, 0.6) is 0 Å². The maximum Gasteiger partial charge on any atom is 0.0979 e. The molecule has 0 saturated carbocycles. The van der Waals surface area contributed by atoms with Gasteiger partial charge in [-0.2, -0.15) is 0 Å². The average molecular weight is 700 g/mol. The molecule has 0 atom stereocenters. The van der Waals surface area contributed by atoms with Gasteiger partial charge in [-0.3, -0.25) is 4.98 Å². The van der Waals surface area contributed by atoms with E-state index >= 15 is 0 Å². The van der Waals surface area contributed by atoms with Crippen LogP contribution in [0.15, 0.2) is 200 Å². The second-order valence-electron chi connectivity index (χ2n) is 14.2. The number of hydrogen-bond donors (Lipinski definition) is 0. The van der Waals surface area contributed by atoms with Crippen molar-refractivity contribution in [3.63, 3.8) is 0 Å². The molecule has 55 heavy (non-hydrogen) atoms. The van der Waals surface area contributed by atoms with E-state index in [9.17, 15) is 0 Å². The van der Waals surface area contributed by atoms with E-state index in [2.05, 4.69) is 199 Å². The molecule has 3 heteroatoms. The molecule has 0 N–H and O–H groups in total. The lowest BCUT2D eigenvalue weighted by molar-refractivity contribution is 1.18. The minimum absolute atomic E-state index is 0.868. The van der Waals surface area contributed by atoms with Gasteiger partial charge in [-0.1, -0.05) is 158 Å². The molecule has 0 aliphatic rings. The molecular formula is C52H33N3. The Morgan fingerprint density at radius 2 is 0.800 bits per heavy atom. The third-order valence-electron chi connectivity index (χ3n) is 11.0. The lowest BCUT2D eigenvalue weighted by atomic mass is 9.96. The summed E-state index contributed by atoms with van der Waals surface area (Å²) in [7, 11) is 0. The Hall–Kier alpha value is -7.36. The molecule has 0 radical (unpaired) electrons. The number of rotatable bonds is 5. The second kappa shape index (κ2) is 12.6.